The second-order valence-corrected chi connectivity index (χ2v) is 6.86. The van der Waals surface area contributed by atoms with Crippen molar-refractivity contribution < 1.29 is 4.74 Å². The Hall–Kier alpha value is -0.840. The SMILES string of the molecule is CCCNC(c1ccc(OC)cc1)c1cc(Br)c(C)s1. The molecule has 0 fully saturated rings. The van der Waals surface area contributed by atoms with E-state index in [1.165, 1.54) is 19.8 Å². The van der Waals surface area contributed by atoms with Gasteiger partial charge in [0.1, 0.15) is 5.75 Å². The van der Waals surface area contributed by atoms with Crippen LogP contribution in [0.15, 0.2) is 34.8 Å². The van der Waals surface area contributed by atoms with Crippen LogP contribution in [0.1, 0.15) is 34.7 Å². The molecule has 0 aliphatic carbocycles. The highest BCUT2D eigenvalue weighted by atomic mass is 79.9. The van der Waals surface area contributed by atoms with Crippen molar-refractivity contribution in [2.75, 3.05) is 13.7 Å². The predicted octanol–water partition coefficient (Wildman–Crippen LogP) is 4.92. The van der Waals surface area contributed by atoms with Gasteiger partial charge in [0.2, 0.25) is 0 Å². The lowest BCUT2D eigenvalue weighted by Crippen LogP contribution is -2.22. The average molecular weight is 354 g/mol. The summed E-state index contributed by atoms with van der Waals surface area (Å²) >= 11 is 5.45. The topological polar surface area (TPSA) is 21.3 Å². The summed E-state index contributed by atoms with van der Waals surface area (Å²) in [5.41, 5.74) is 1.27. The van der Waals surface area contributed by atoms with E-state index >= 15 is 0 Å². The molecule has 0 bridgehead atoms. The maximum atomic E-state index is 5.23. The molecular formula is C16H20BrNOS. The van der Waals surface area contributed by atoms with Gasteiger partial charge in [0.15, 0.2) is 0 Å². The van der Waals surface area contributed by atoms with E-state index in [0.717, 1.165) is 18.7 Å². The monoisotopic (exact) mass is 353 g/mol. The van der Waals surface area contributed by atoms with Gasteiger partial charge in [-0.25, -0.2) is 0 Å². The minimum Gasteiger partial charge on any atom is -0.497 e. The van der Waals surface area contributed by atoms with Crippen LogP contribution in [-0.4, -0.2) is 13.7 Å². The first-order valence-electron chi connectivity index (χ1n) is 6.79. The van der Waals surface area contributed by atoms with Crippen LogP contribution in [-0.2, 0) is 0 Å². The van der Waals surface area contributed by atoms with Crippen molar-refractivity contribution in [1.82, 2.24) is 5.32 Å². The molecule has 0 amide bonds. The number of hydrogen-bond donors (Lipinski definition) is 1. The molecule has 0 aliphatic rings. The molecule has 0 spiro atoms. The number of thiophene rings is 1. The Morgan fingerprint density at radius 2 is 2.00 bits per heavy atom. The van der Waals surface area contributed by atoms with E-state index in [1.54, 1.807) is 7.11 Å². The van der Waals surface area contributed by atoms with Crippen molar-refractivity contribution >= 4 is 27.3 Å². The molecule has 1 heterocycles. The van der Waals surface area contributed by atoms with Crippen LogP contribution in [0.2, 0.25) is 0 Å². The third kappa shape index (κ3) is 3.62. The Balaban J connectivity index is 2.30. The standard InChI is InChI=1S/C16H20BrNOS/c1-4-9-18-16(15-10-14(17)11(2)20-15)12-5-7-13(19-3)8-6-12/h5-8,10,16,18H,4,9H2,1-3H3. The fourth-order valence-corrected chi connectivity index (χ4v) is 3.76. The van der Waals surface area contributed by atoms with Gasteiger partial charge in [0, 0.05) is 14.2 Å². The first kappa shape index (κ1) is 15.5. The first-order chi connectivity index (χ1) is 9.65. The molecule has 1 N–H and O–H groups in total. The summed E-state index contributed by atoms with van der Waals surface area (Å²) in [5.74, 6) is 0.895. The van der Waals surface area contributed by atoms with Gasteiger partial charge in [-0.3, -0.25) is 0 Å². The molecule has 2 nitrogen and oxygen atoms in total. The summed E-state index contributed by atoms with van der Waals surface area (Å²) in [5, 5.41) is 3.63. The molecule has 0 aliphatic heterocycles. The normalized spacial score (nSPS) is 12.4. The Kier molecular flexibility index (Phi) is 5.64. The number of ether oxygens (including phenoxy) is 1. The highest BCUT2D eigenvalue weighted by Crippen LogP contribution is 2.34. The number of methoxy groups -OCH3 is 1. The van der Waals surface area contributed by atoms with Crippen LogP contribution < -0.4 is 10.1 Å². The molecular weight excluding hydrogens is 334 g/mol. The van der Waals surface area contributed by atoms with Gasteiger partial charge in [0.25, 0.3) is 0 Å². The van der Waals surface area contributed by atoms with Gasteiger partial charge in [-0.2, -0.15) is 0 Å². The average Bonchev–Trinajstić information content (AvgIpc) is 2.79. The van der Waals surface area contributed by atoms with Gasteiger partial charge in [-0.15, -0.1) is 11.3 Å². The lowest BCUT2D eigenvalue weighted by Gasteiger charge is -2.18. The Morgan fingerprint density at radius 1 is 1.30 bits per heavy atom. The van der Waals surface area contributed by atoms with Gasteiger partial charge in [-0.05, 0) is 59.6 Å². The predicted molar refractivity (Wildman–Crippen MR) is 89.9 cm³/mol. The molecule has 4 heteroatoms. The van der Waals surface area contributed by atoms with Gasteiger partial charge in [0.05, 0.1) is 13.2 Å². The zero-order valence-electron chi connectivity index (χ0n) is 12.1. The number of aryl methyl sites for hydroxylation is 1. The summed E-state index contributed by atoms with van der Waals surface area (Å²) in [6.07, 6.45) is 1.12. The minimum atomic E-state index is 0.246. The minimum absolute atomic E-state index is 0.246. The third-order valence-corrected chi connectivity index (χ3v) is 5.41. The molecule has 1 aromatic carbocycles. The number of halogens is 1. The fourth-order valence-electron chi connectivity index (χ4n) is 2.09. The maximum Gasteiger partial charge on any atom is 0.118 e. The smallest absolute Gasteiger partial charge is 0.118 e. The molecule has 0 saturated carbocycles. The van der Waals surface area contributed by atoms with E-state index < -0.39 is 0 Å². The molecule has 1 unspecified atom stereocenters. The summed E-state index contributed by atoms with van der Waals surface area (Å²) in [7, 11) is 1.70. The fraction of sp³-hybridized carbons (Fsp3) is 0.375. The van der Waals surface area contributed by atoms with E-state index in [0.29, 0.717) is 0 Å². The van der Waals surface area contributed by atoms with E-state index in [2.05, 4.69) is 53.3 Å². The van der Waals surface area contributed by atoms with Crippen LogP contribution in [0.4, 0.5) is 0 Å². The number of nitrogens with one attached hydrogen (secondary N) is 1. The molecule has 2 rings (SSSR count). The molecule has 108 valence electrons. The van der Waals surface area contributed by atoms with Gasteiger partial charge >= 0.3 is 0 Å². The lowest BCUT2D eigenvalue weighted by atomic mass is 10.0. The molecule has 1 atom stereocenters. The maximum absolute atomic E-state index is 5.23. The van der Waals surface area contributed by atoms with E-state index in [4.69, 9.17) is 4.74 Å². The van der Waals surface area contributed by atoms with Crippen molar-refractivity contribution in [2.45, 2.75) is 26.3 Å². The summed E-state index contributed by atoms with van der Waals surface area (Å²) in [4.78, 5) is 2.66. The second-order valence-electron chi connectivity index (χ2n) is 4.71. The summed E-state index contributed by atoms with van der Waals surface area (Å²) < 4.78 is 6.42. The molecule has 0 radical (unpaired) electrons. The number of rotatable bonds is 6. The Labute approximate surface area is 133 Å². The molecule has 0 saturated heterocycles. The molecule has 20 heavy (non-hydrogen) atoms. The summed E-state index contributed by atoms with van der Waals surface area (Å²) in [6.45, 7) is 5.34. The van der Waals surface area contributed by atoms with Crippen LogP contribution in [0.25, 0.3) is 0 Å². The number of benzene rings is 1. The zero-order valence-corrected chi connectivity index (χ0v) is 14.5. The van der Waals surface area contributed by atoms with Crippen molar-refractivity contribution in [2.24, 2.45) is 0 Å². The third-order valence-electron chi connectivity index (χ3n) is 3.21. The second kappa shape index (κ2) is 7.25. The van der Waals surface area contributed by atoms with Crippen LogP contribution in [0.5, 0.6) is 5.75 Å². The summed E-state index contributed by atoms with van der Waals surface area (Å²) in [6, 6.07) is 10.8. The quantitative estimate of drug-likeness (QED) is 0.795. The highest BCUT2D eigenvalue weighted by molar-refractivity contribution is 9.10. The van der Waals surface area contributed by atoms with Crippen LogP contribution >= 0.6 is 27.3 Å². The number of hydrogen-bond acceptors (Lipinski definition) is 3. The van der Waals surface area contributed by atoms with Crippen molar-refractivity contribution in [3.8, 4) is 5.75 Å². The van der Waals surface area contributed by atoms with E-state index in [-0.39, 0.29) is 6.04 Å². The van der Waals surface area contributed by atoms with E-state index in [1.807, 2.05) is 23.5 Å². The molecule has 1 aromatic heterocycles. The highest BCUT2D eigenvalue weighted by Gasteiger charge is 2.16. The lowest BCUT2D eigenvalue weighted by molar-refractivity contribution is 0.414. The van der Waals surface area contributed by atoms with Crippen LogP contribution in [0, 0.1) is 6.92 Å². The van der Waals surface area contributed by atoms with E-state index in [9.17, 15) is 0 Å². The van der Waals surface area contributed by atoms with Gasteiger partial charge < -0.3 is 10.1 Å². The van der Waals surface area contributed by atoms with Gasteiger partial charge in [-0.1, -0.05) is 19.1 Å². The van der Waals surface area contributed by atoms with Crippen molar-refractivity contribution in [3.05, 3.63) is 50.1 Å². The first-order valence-corrected chi connectivity index (χ1v) is 8.39. The Morgan fingerprint density at radius 3 is 2.50 bits per heavy atom. The molecule has 2 aromatic rings. The largest absolute Gasteiger partial charge is 0.497 e. The van der Waals surface area contributed by atoms with Crippen molar-refractivity contribution in [3.63, 3.8) is 0 Å². The van der Waals surface area contributed by atoms with Crippen molar-refractivity contribution in [1.29, 1.82) is 0 Å². The Bertz CT molecular complexity index is 531. The van der Waals surface area contributed by atoms with Crippen LogP contribution in [0.3, 0.4) is 0 Å². The zero-order chi connectivity index (χ0) is 14.5.